The molecule has 0 spiro atoms. The minimum atomic E-state index is -0.636. The monoisotopic (exact) mass is 379 g/mol. The molecule has 0 aliphatic carbocycles. The van der Waals surface area contributed by atoms with E-state index in [9.17, 15) is 9.59 Å². The Morgan fingerprint density at radius 2 is 1.84 bits per heavy atom. The molecule has 4 nitrogen and oxygen atoms in total. The van der Waals surface area contributed by atoms with Crippen molar-refractivity contribution in [1.29, 1.82) is 0 Å². The second kappa shape index (κ2) is 8.37. The highest BCUT2D eigenvalue weighted by atomic mass is 35.5. The lowest BCUT2D eigenvalue weighted by atomic mass is 9.98. The Labute approximate surface area is 157 Å². The molecule has 0 atom stereocenters. The van der Waals surface area contributed by atoms with Gasteiger partial charge in [-0.3, -0.25) is 4.79 Å². The molecule has 2 aromatic carbocycles. The van der Waals surface area contributed by atoms with Gasteiger partial charge in [-0.2, -0.15) is 0 Å². The number of carbonyl (C=O) groups is 2. The molecule has 0 bridgehead atoms. The number of ether oxygens (including phenoxy) is 1. The van der Waals surface area contributed by atoms with E-state index in [1.165, 1.54) is 18.2 Å². The van der Waals surface area contributed by atoms with Crippen LogP contribution in [0, 0.1) is 6.92 Å². The highest BCUT2D eigenvalue weighted by Gasteiger charge is 2.15. The number of halogens is 2. The first kappa shape index (κ1) is 19.3. The highest BCUT2D eigenvalue weighted by molar-refractivity contribution is 6.42. The lowest BCUT2D eigenvalue weighted by molar-refractivity contribution is -0.119. The van der Waals surface area contributed by atoms with Gasteiger partial charge in [-0.25, -0.2) is 4.79 Å². The summed E-state index contributed by atoms with van der Waals surface area (Å²) in [6.45, 7) is 5.64. The highest BCUT2D eigenvalue weighted by Crippen LogP contribution is 2.27. The van der Waals surface area contributed by atoms with Gasteiger partial charge in [0.2, 0.25) is 0 Å². The van der Waals surface area contributed by atoms with E-state index < -0.39 is 11.9 Å². The largest absolute Gasteiger partial charge is 0.452 e. The number of amides is 1. The third-order valence-corrected chi connectivity index (χ3v) is 4.42. The second-order valence-electron chi connectivity index (χ2n) is 5.95. The maximum Gasteiger partial charge on any atom is 0.338 e. The maximum absolute atomic E-state index is 12.2. The van der Waals surface area contributed by atoms with E-state index in [2.05, 4.69) is 19.2 Å². The van der Waals surface area contributed by atoms with Crippen molar-refractivity contribution >= 4 is 40.8 Å². The van der Waals surface area contributed by atoms with Gasteiger partial charge in [0.1, 0.15) is 0 Å². The molecule has 6 heteroatoms. The Morgan fingerprint density at radius 1 is 1.12 bits per heavy atom. The van der Waals surface area contributed by atoms with E-state index in [1.807, 2.05) is 25.1 Å². The number of para-hydroxylation sites is 1. The first-order valence-electron chi connectivity index (χ1n) is 7.81. The minimum Gasteiger partial charge on any atom is -0.452 e. The van der Waals surface area contributed by atoms with Crippen LogP contribution in [0.3, 0.4) is 0 Å². The number of carbonyl (C=O) groups excluding carboxylic acids is 2. The molecule has 132 valence electrons. The Kier molecular flexibility index (Phi) is 6.45. The van der Waals surface area contributed by atoms with E-state index >= 15 is 0 Å². The molecule has 0 unspecified atom stereocenters. The van der Waals surface area contributed by atoms with Gasteiger partial charge in [0, 0.05) is 5.69 Å². The van der Waals surface area contributed by atoms with Crippen LogP contribution in [-0.4, -0.2) is 18.5 Å². The van der Waals surface area contributed by atoms with Crippen LogP contribution in [0.15, 0.2) is 36.4 Å². The average Bonchev–Trinajstić information content (AvgIpc) is 2.56. The smallest absolute Gasteiger partial charge is 0.338 e. The second-order valence-corrected chi connectivity index (χ2v) is 6.76. The van der Waals surface area contributed by atoms with Crippen molar-refractivity contribution < 1.29 is 14.3 Å². The first-order valence-corrected chi connectivity index (χ1v) is 8.56. The van der Waals surface area contributed by atoms with E-state index in [1.54, 1.807) is 0 Å². The summed E-state index contributed by atoms with van der Waals surface area (Å²) in [5.41, 5.74) is 2.98. The van der Waals surface area contributed by atoms with Crippen LogP contribution in [0.5, 0.6) is 0 Å². The zero-order chi connectivity index (χ0) is 18.6. The number of hydrogen-bond acceptors (Lipinski definition) is 3. The standard InChI is InChI=1S/C19H19Cl2NO3/c1-11(2)14-6-4-5-12(3)18(14)22-17(23)10-25-19(24)13-7-8-15(20)16(21)9-13/h4-9,11H,10H2,1-3H3,(H,22,23). The zero-order valence-electron chi connectivity index (χ0n) is 14.2. The molecule has 0 aliphatic rings. The van der Waals surface area contributed by atoms with Gasteiger partial charge in [-0.1, -0.05) is 55.2 Å². The Balaban J connectivity index is 2.02. The molecule has 0 saturated carbocycles. The molecule has 0 saturated heterocycles. The van der Waals surface area contributed by atoms with Crippen molar-refractivity contribution in [3.8, 4) is 0 Å². The summed E-state index contributed by atoms with van der Waals surface area (Å²) in [7, 11) is 0. The fourth-order valence-corrected chi connectivity index (χ4v) is 2.65. The van der Waals surface area contributed by atoms with Crippen LogP contribution in [0.4, 0.5) is 5.69 Å². The molecule has 0 aliphatic heterocycles. The number of rotatable bonds is 5. The molecule has 0 heterocycles. The molecule has 1 amide bonds. The van der Waals surface area contributed by atoms with Gasteiger partial charge in [0.05, 0.1) is 15.6 Å². The molecular formula is C19H19Cl2NO3. The van der Waals surface area contributed by atoms with Crippen molar-refractivity contribution in [1.82, 2.24) is 0 Å². The van der Waals surface area contributed by atoms with Crippen molar-refractivity contribution in [2.45, 2.75) is 26.7 Å². The summed E-state index contributed by atoms with van der Waals surface area (Å²) in [6, 6.07) is 10.2. The molecule has 0 radical (unpaired) electrons. The fraction of sp³-hybridized carbons (Fsp3) is 0.263. The van der Waals surface area contributed by atoms with Crippen molar-refractivity contribution in [3.63, 3.8) is 0 Å². The van der Waals surface area contributed by atoms with Gasteiger partial charge in [0.25, 0.3) is 5.91 Å². The zero-order valence-corrected chi connectivity index (χ0v) is 15.7. The topological polar surface area (TPSA) is 55.4 Å². The number of aryl methyl sites for hydroxylation is 1. The van der Waals surface area contributed by atoms with E-state index in [0.717, 1.165) is 16.8 Å². The summed E-state index contributed by atoms with van der Waals surface area (Å²) in [5.74, 6) is -0.777. The number of esters is 1. The number of anilines is 1. The third-order valence-electron chi connectivity index (χ3n) is 3.68. The fourth-order valence-electron chi connectivity index (χ4n) is 2.36. The summed E-state index contributed by atoms with van der Waals surface area (Å²) < 4.78 is 5.04. The molecule has 0 fully saturated rings. The molecule has 1 N–H and O–H groups in total. The van der Waals surface area contributed by atoms with E-state index in [-0.39, 0.29) is 23.1 Å². The maximum atomic E-state index is 12.2. The summed E-state index contributed by atoms with van der Waals surface area (Å²) in [6.07, 6.45) is 0. The van der Waals surface area contributed by atoms with E-state index in [4.69, 9.17) is 27.9 Å². The van der Waals surface area contributed by atoms with Crippen molar-refractivity contribution in [2.75, 3.05) is 11.9 Å². The molecule has 2 rings (SSSR count). The number of benzene rings is 2. The number of nitrogens with one attached hydrogen (secondary N) is 1. The van der Waals surface area contributed by atoms with Gasteiger partial charge in [-0.15, -0.1) is 0 Å². The summed E-state index contributed by atoms with van der Waals surface area (Å²) in [5, 5.41) is 3.42. The molecule has 25 heavy (non-hydrogen) atoms. The Hall–Kier alpha value is -2.04. The summed E-state index contributed by atoms with van der Waals surface area (Å²) >= 11 is 11.7. The molecule has 2 aromatic rings. The van der Waals surface area contributed by atoms with Gasteiger partial charge < -0.3 is 10.1 Å². The van der Waals surface area contributed by atoms with Gasteiger partial charge in [-0.05, 0) is 42.2 Å². The van der Waals surface area contributed by atoms with Crippen LogP contribution >= 0.6 is 23.2 Å². The van der Waals surface area contributed by atoms with Crippen LogP contribution < -0.4 is 5.32 Å². The van der Waals surface area contributed by atoms with Crippen molar-refractivity contribution in [3.05, 3.63) is 63.1 Å². The Morgan fingerprint density at radius 3 is 2.48 bits per heavy atom. The first-order chi connectivity index (χ1) is 11.8. The molecule has 0 aromatic heterocycles. The average molecular weight is 380 g/mol. The number of hydrogen-bond donors (Lipinski definition) is 1. The SMILES string of the molecule is Cc1cccc(C(C)C)c1NC(=O)COC(=O)c1ccc(Cl)c(Cl)c1. The lowest BCUT2D eigenvalue weighted by Crippen LogP contribution is -2.22. The van der Waals surface area contributed by atoms with Crippen LogP contribution in [0.1, 0.15) is 41.3 Å². The predicted octanol–water partition coefficient (Wildman–Crippen LogP) is 5.22. The minimum absolute atomic E-state index is 0.237. The quantitative estimate of drug-likeness (QED) is 0.724. The lowest BCUT2D eigenvalue weighted by Gasteiger charge is -2.16. The predicted molar refractivity (Wildman–Crippen MR) is 101 cm³/mol. The summed E-state index contributed by atoms with van der Waals surface area (Å²) in [4.78, 5) is 24.2. The van der Waals surface area contributed by atoms with Crippen LogP contribution in [0.2, 0.25) is 10.0 Å². The van der Waals surface area contributed by atoms with Crippen molar-refractivity contribution in [2.24, 2.45) is 0 Å². The van der Waals surface area contributed by atoms with Gasteiger partial charge >= 0.3 is 5.97 Å². The third kappa shape index (κ3) is 4.97. The normalized spacial score (nSPS) is 10.6. The molecular weight excluding hydrogens is 361 g/mol. The van der Waals surface area contributed by atoms with E-state index in [0.29, 0.717) is 5.02 Å². The Bertz CT molecular complexity index is 803. The van der Waals surface area contributed by atoms with Crippen LogP contribution in [-0.2, 0) is 9.53 Å². The van der Waals surface area contributed by atoms with Crippen LogP contribution in [0.25, 0.3) is 0 Å². The van der Waals surface area contributed by atoms with Gasteiger partial charge in [0.15, 0.2) is 6.61 Å².